The van der Waals surface area contributed by atoms with E-state index in [-0.39, 0.29) is 28.9 Å². The number of nitrogens with one attached hydrogen (secondary N) is 2. The molecule has 44 heavy (non-hydrogen) atoms. The Labute approximate surface area is 258 Å². The number of nitrogens with two attached hydrogens (primary N) is 1. The summed E-state index contributed by atoms with van der Waals surface area (Å²) in [4.78, 5) is 29.0. The van der Waals surface area contributed by atoms with Gasteiger partial charge in [-0.25, -0.2) is 17.9 Å². The number of carbonyl (C=O) groups excluding carboxylic acids is 2. The van der Waals surface area contributed by atoms with E-state index in [1.165, 1.54) is 41.3 Å². The van der Waals surface area contributed by atoms with Crippen molar-refractivity contribution >= 4 is 27.6 Å². The minimum absolute atomic E-state index is 0.0559. The Morgan fingerprint density at radius 2 is 1.68 bits per heavy atom. The number of aromatic hydroxyl groups is 2. The van der Waals surface area contributed by atoms with Crippen molar-refractivity contribution in [3.63, 3.8) is 0 Å². The van der Waals surface area contributed by atoms with Gasteiger partial charge in [0, 0.05) is 17.3 Å². The Bertz CT molecular complexity index is 1560. The molecule has 1 fully saturated rings. The number of phenolic OH excluding ortho intramolecular Hbond substituents is 2. The highest BCUT2D eigenvalue weighted by molar-refractivity contribution is 7.89. The summed E-state index contributed by atoms with van der Waals surface area (Å²) in [7, 11) is -1.65. The van der Waals surface area contributed by atoms with Crippen LogP contribution in [0.5, 0.6) is 11.5 Å². The summed E-state index contributed by atoms with van der Waals surface area (Å²) in [5.41, 5.74) is 8.42. The number of nitrogens with zero attached hydrogens (tertiary/aromatic N) is 2. The number of imide groups is 1. The molecule has 0 spiro atoms. The zero-order valence-corrected chi connectivity index (χ0v) is 26.1. The van der Waals surface area contributed by atoms with E-state index in [0.29, 0.717) is 29.7 Å². The second kappa shape index (κ2) is 13.8. The highest BCUT2D eigenvalue weighted by Gasteiger charge is 2.41. The summed E-state index contributed by atoms with van der Waals surface area (Å²) in [6.45, 7) is 5.37. The first-order valence-corrected chi connectivity index (χ1v) is 16.1. The molecule has 3 aromatic carbocycles. The van der Waals surface area contributed by atoms with Gasteiger partial charge < -0.3 is 25.7 Å². The average molecular weight is 625 g/mol. The van der Waals surface area contributed by atoms with E-state index in [0.717, 1.165) is 24.1 Å². The maximum Gasteiger partial charge on any atom is 0.329 e. The van der Waals surface area contributed by atoms with Crippen molar-refractivity contribution in [1.82, 2.24) is 9.62 Å². The first-order valence-electron chi connectivity index (χ1n) is 14.7. The van der Waals surface area contributed by atoms with Crippen molar-refractivity contribution < 1.29 is 32.7 Å². The summed E-state index contributed by atoms with van der Waals surface area (Å²) in [6.07, 6.45) is 1.52. The lowest BCUT2D eigenvalue weighted by Gasteiger charge is -2.44. The molecule has 12 heteroatoms. The van der Waals surface area contributed by atoms with Crippen LogP contribution in [0, 0.1) is 0 Å². The van der Waals surface area contributed by atoms with Crippen molar-refractivity contribution in [3.8, 4) is 11.5 Å². The molecule has 3 aromatic rings. The fraction of sp³-hybridized carbons (Fsp3) is 0.375. The number of anilines is 1. The number of urea groups is 1. The SMILES string of the molecule is CC(C)NS(=O)(=O)c1ccc(NC(=O)N(C(=O)[C@@H](N)Cc2ccc(O)cc2)[C@H]2CCC[N+](C)(Cc3cccc(O)c3)C2)cc1. The standard InChI is InChI=1S/C32H41N5O6S/c1-22(2)35-44(42,43)29-15-11-25(12-16-29)34-32(41)36(31(40)30(33)19-23-9-13-27(38)14-10-23)26-7-5-17-37(3,21-26)20-24-6-4-8-28(39)18-24/h4,6,8-16,18,22,26,30,35H,5,7,17,19-21,33H2,1-3H3,(H2-,34,38,39,41)/p+1/t26-,30-,37?/m0/s1. The third kappa shape index (κ3) is 8.56. The highest BCUT2D eigenvalue weighted by Crippen LogP contribution is 2.27. The third-order valence-electron chi connectivity index (χ3n) is 7.70. The molecule has 3 atom stereocenters. The molecule has 1 saturated heterocycles. The first kappa shape index (κ1) is 32.9. The van der Waals surface area contributed by atoms with E-state index in [4.69, 9.17) is 5.73 Å². The maximum atomic E-state index is 13.9. The van der Waals surface area contributed by atoms with Crippen molar-refractivity contribution in [2.24, 2.45) is 5.73 Å². The second-order valence-corrected chi connectivity index (χ2v) is 13.8. The Kier molecular flexibility index (Phi) is 10.3. The molecule has 1 unspecified atom stereocenters. The van der Waals surface area contributed by atoms with E-state index in [2.05, 4.69) is 17.1 Å². The van der Waals surface area contributed by atoms with Crippen LogP contribution in [0.25, 0.3) is 0 Å². The van der Waals surface area contributed by atoms with Gasteiger partial charge in [0.15, 0.2) is 0 Å². The summed E-state index contributed by atoms with van der Waals surface area (Å²) in [6, 6.07) is 16.8. The number of likely N-dealkylation sites (N-methyl/N-ethyl adjacent to an activating group) is 1. The third-order valence-corrected chi connectivity index (χ3v) is 9.37. The molecule has 0 bridgehead atoms. The van der Waals surface area contributed by atoms with E-state index in [1.54, 1.807) is 44.2 Å². The van der Waals surface area contributed by atoms with Crippen LogP contribution in [-0.2, 0) is 27.8 Å². The van der Waals surface area contributed by atoms with Gasteiger partial charge >= 0.3 is 6.03 Å². The van der Waals surface area contributed by atoms with Crippen molar-refractivity contribution in [2.75, 3.05) is 25.5 Å². The van der Waals surface area contributed by atoms with E-state index < -0.39 is 34.0 Å². The van der Waals surface area contributed by atoms with Gasteiger partial charge in [-0.3, -0.25) is 9.69 Å². The van der Waals surface area contributed by atoms with Crippen molar-refractivity contribution in [3.05, 3.63) is 83.9 Å². The van der Waals surface area contributed by atoms with Crippen molar-refractivity contribution in [1.29, 1.82) is 0 Å². The van der Waals surface area contributed by atoms with Gasteiger partial charge in [-0.05, 0) is 87.2 Å². The molecule has 0 radical (unpaired) electrons. The van der Waals surface area contributed by atoms with Crippen molar-refractivity contribution in [2.45, 2.75) is 62.7 Å². The van der Waals surface area contributed by atoms with Gasteiger partial charge in [0.05, 0.1) is 30.6 Å². The number of rotatable bonds is 10. The fourth-order valence-electron chi connectivity index (χ4n) is 5.73. The lowest BCUT2D eigenvalue weighted by molar-refractivity contribution is -0.928. The Balaban J connectivity index is 1.58. The topological polar surface area (TPSA) is 162 Å². The Hall–Kier alpha value is -3.97. The molecule has 0 aromatic heterocycles. The van der Waals surface area contributed by atoms with E-state index >= 15 is 0 Å². The molecule has 4 rings (SSSR count). The van der Waals surface area contributed by atoms with Crippen LogP contribution in [0.4, 0.5) is 10.5 Å². The molecule has 0 aliphatic carbocycles. The predicted octanol–water partition coefficient (Wildman–Crippen LogP) is 3.52. The van der Waals surface area contributed by atoms with Crippen LogP contribution < -0.4 is 15.8 Å². The van der Waals surface area contributed by atoms with Gasteiger partial charge in [-0.1, -0.05) is 24.3 Å². The molecule has 3 amide bonds. The van der Waals surface area contributed by atoms with Gasteiger partial charge in [0.25, 0.3) is 0 Å². The number of hydrogen-bond acceptors (Lipinski definition) is 7. The second-order valence-electron chi connectivity index (χ2n) is 12.1. The number of phenols is 2. The van der Waals surface area contributed by atoms with Gasteiger partial charge in [-0.15, -0.1) is 0 Å². The smallest absolute Gasteiger partial charge is 0.329 e. The van der Waals surface area contributed by atoms with Crippen LogP contribution >= 0.6 is 0 Å². The molecule has 1 heterocycles. The summed E-state index contributed by atoms with van der Waals surface area (Å²) >= 11 is 0. The quantitative estimate of drug-likeness (QED) is 0.216. The number of benzene rings is 3. The number of carbonyl (C=O) groups is 2. The minimum atomic E-state index is -3.71. The lowest BCUT2D eigenvalue weighted by atomic mass is 9.98. The molecule has 11 nitrogen and oxygen atoms in total. The van der Waals surface area contributed by atoms with Crippen LogP contribution in [0.15, 0.2) is 77.7 Å². The van der Waals surface area contributed by atoms with Gasteiger partial charge in [-0.2, -0.15) is 0 Å². The molecule has 0 saturated carbocycles. The predicted molar refractivity (Wildman–Crippen MR) is 168 cm³/mol. The summed E-state index contributed by atoms with van der Waals surface area (Å²) < 4.78 is 28.2. The van der Waals surface area contributed by atoms with Crippen LogP contribution in [0.1, 0.15) is 37.8 Å². The maximum absolute atomic E-state index is 13.9. The van der Waals surface area contributed by atoms with E-state index in [1.807, 2.05) is 6.07 Å². The summed E-state index contributed by atoms with van der Waals surface area (Å²) in [5, 5.41) is 22.4. The fourth-order valence-corrected chi connectivity index (χ4v) is 6.98. The largest absolute Gasteiger partial charge is 0.508 e. The number of piperidine rings is 1. The summed E-state index contributed by atoms with van der Waals surface area (Å²) in [5.74, 6) is -0.260. The van der Waals surface area contributed by atoms with Crippen LogP contribution in [-0.4, -0.2) is 78.2 Å². The number of hydrogen-bond donors (Lipinski definition) is 5. The molecular weight excluding hydrogens is 582 g/mol. The number of amides is 3. The first-order chi connectivity index (χ1) is 20.7. The number of quaternary nitrogens is 1. The molecule has 1 aliphatic rings. The van der Waals surface area contributed by atoms with Gasteiger partial charge in [0.1, 0.15) is 24.6 Å². The molecule has 1 aliphatic heterocycles. The lowest BCUT2D eigenvalue weighted by Crippen LogP contribution is -2.62. The van der Waals surface area contributed by atoms with Gasteiger partial charge in [0.2, 0.25) is 15.9 Å². The number of sulfonamides is 1. The molecule has 236 valence electrons. The zero-order chi connectivity index (χ0) is 32.1. The molecule has 6 N–H and O–H groups in total. The zero-order valence-electron chi connectivity index (χ0n) is 25.3. The highest BCUT2D eigenvalue weighted by atomic mass is 32.2. The average Bonchev–Trinajstić information content (AvgIpc) is 2.94. The molecular formula is C32H42N5O6S+. The monoisotopic (exact) mass is 624 g/mol. The normalized spacial score (nSPS) is 19.3. The minimum Gasteiger partial charge on any atom is -0.508 e. The van der Waals surface area contributed by atoms with Crippen LogP contribution in [0.3, 0.4) is 0 Å². The van der Waals surface area contributed by atoms with Crippen LogP contribution in [0.2, 0.25) is 0 Å². The Morgan fingerprint density at radius 3 is 2.32 bits per heavy atom. The number of likely N-dealkylation sites (tertiary alicyclic amines) is 1. The van der Waals surface area contributed by atoms with E-state index in [9.17, 15) is 28.2 Å². The Morgan fingerprint density at radius 1 is 1.00 bits per heavy atom.